The van der Waals surface area contributed by atoms with Gasteiger partial charge in [-0.25, -0.2) is 0 Å². The minimum absolute atomic E-state index is 0.614. The summed E-state index contributed by atoms with van der Waals surface area (Å²) in [4.78, 5) is 0. The van der Waals surface area contributed by atoms with Crippen LogP contribution in [0.1, 0.15) is 6.42 Å². The number of halogens is 2. The summed E-state index contributed by atoms with van der Waals surface area (Å²) < 4.78 is 5.17. The van der Waals surface area contributed by atoms with Crippen molar-refractivity contribution >= 4 is 28.9 Å². The molecule has 0 fully saturated rings. The van der Waals surface area contributed by atoms with Crippen LogP contribution in [0.3, 0.4) is 0 Å². The van der Waals surface area contributed by atoms with Crippen molar-refractivity contribution in [2.75, 3.05) is 13.2 Å². The highest BCUT2D eigenvalue weighted by atomic mass is 35.7. The molecule has 0 amide bonds. The van der Waals surface area contributed by atoms with Gasteiger partial charge in [-0.15, -0.1) is 28.7 Å². The molecule has 0 radical (unpaired) electrons. The predicted molar refractivity (Wildman–Crippen MR) is 53.8 cm³/mol. The zero-order chi connectivity index (χ0) is 8.74. The molecular weight excluding hydrogens is 199 g/mol. The molecule has 0 aliphatic carbocycles. The number of hydrogen-bond acceptors (Lipinski definition) is 1. The third-order valence-electron chi connectivity index (χ3n) is 1.14. The van der Waals surface area contributed by atoms with Crippen molar-refractivity contribution in [3.05, 3.63) is 12.7 Å². The highest BCUT2D eigenvalue weighted by Gasteiger charge is 2.19. The lowest BCUT2D eigenvalue weighted by molar-refractivity contribution is 0.163. The van der Waals surface area contributed by atoms with Crippen LogP contribution in [0.15, 0.2) is 12.7 Å². The SMILES string of the molecule is C=CCOCCC[Si](C)(Cl)Cl. The summed E-state index contributed by atoms with van der Waals surface area (Å²) in [5.74, 6) is 0. The Balaban J connectivity index is 3.08. The smallest absolute Gasteiger partial charge is 0.248 e. The largest absolute Gasteiger partial charge is 0.377 e. The van der Waals surface area contributed by atoms with E-state index in [2.05, 4.69) is 6.58 Å². The summed E-state index contributed by atoms with van der Waals surface area (Å²) in [7, 11) is 0. The molecule has 0 bridgehead atoms. The average Bonchev–Trinajstić information content (AvgIpc) is 1.85. The zero-order valence-electron chi connectivity index (χ0n) is 6.78. The normalized spacial score (nSPS) is 11.5. The van der Waals surface area contributed by atoms with Crippen molar-refractivity contribution in [1.29, 1.82) is 0 Å². The van der Waals surface area contributed by atoms with Crippen molar-refractivity contribution in [1.82, 2.24) is 0 Å². The van der Waals surface area contributed by atoms with Gasteiger partial charge in [-0.3, -0.25) is 0 Å². The molecule has 11 heavy (non-hydrogen) atoms. The van der Waals surface area contributed by atoms with Crippen LogP contribution in [0.25, 0.3) is 0 Å². The molecule has 0 spiro atoms. The Kier molecular flexibility index (Phi) is 6.34. The monoisotopic (exact) mass is 212 g/mol. The van der Waals surface area contributed by atoms with Gasteiger partial charge >= 0.3 is 0 Å². The van der Waals surface area contributed by atoms with Gasteiger partial charge in [0.15, 0.2) is 0 Å². The van der Waals surface area contributed by atoms with Gasteiger partial charge in [0.1, 0.15) is 0 Å². The molecule has 4 heteroatoms. The lowest BCUT2D eigenvalue weighted by atomic mass is 10.5. The van der Waals surface area contributed by atoms with Crippen molar-refractivity contribution in [3.63, 3.8) is 0 Å². The van der Waals surface area contributed by atoms with Crippen molar-refractivity contribution < 1.29 is 4.74 Å². The van der Waals surface area contributed by atoms with Gasteiger partial charge in [0.2, 0.25) is 6.69 Å². The van der Waals surface area contributed by atoms with Gasteiger partial charge in [-0.05, 0) is 19.0 Å². The van der Waals surface area contributed by atoms with Crippen molar-refractivity contribution in [3.8, 4) is 0 Å². The van der Waals surface area contributed by atoms with E-state index in [1.54, 1.807) is 6.08 Å². The van der Waals surface area contributed by atoms with E-state index < -0.39 is 6.69 Å². The second-order valence-electron chi connectivity index (χ2n) is 2.54. The Labute approximate surface area is 78.8 Å². The summed E-state index contributed by atoms with van der Waals surface area (Å²) in [5.41, 5.74) is 0. The molecule has 0 N–H and O–H groups in total. The molecule has 0 aliphatic rings. The van der Waals surface area contributed by atoms with E-state index in [9.17, 15) is 0 Å². The molecular formula is C7H14Cl2OSi. The van der Waals surface area contributed by atoms with Gasteiger partial charge in [-0.1, -0.05) is 6.08 Å². The number of rotatable bonds is 6. The quantitative estimate of drug-likeness (QED) is 0.285. The molecule has 0 aromatic rings. The number of hydrogen-bond donors (Lipinski definition) is 0. The van der Waals surface area contributed by atoms with E-state index in [1.807, 2.05) is 6.55 Å². The van der Waals surface area contributed by atoms with Gasteiger partial charge in [0.05, 0.1) is 6.61 Å². The van der Waals surface area contributed by atoms with Crippen LogP contribution in [0, 0.1) is 0 Å². The highest BCUT2D eigenvalue weighted by molar-refractivity contribution is 7.44. The Morgan fingerprint density at radius 2 is 2.18 bits per heavy atom. The Morgan fingerprint density at radius 3 is 2.64 bits per heavy atom. The molecule has 0 aromatic heterocycles. The zero-order valence-corrected chi connectivity index (χ0v) is 9.29. The van der Waals surface area contributed by atoms with Crippen LogP contribution >= 0.6 is 22.2 Å². The summed E-state index contributed by atoms with van der Waals surface area (Å²) in [6.45, 7) is 4.92. The second kappa shape index (κ2) is 6.06. The van der Waals surface area contributed by atoms with Crippen LogP contribution in [-0.2, 0) is 4.74 Å². The first kappa shape index (κ1) is 11.5. The van der Waals surface area contributed by atoms with Crippen molar-refractivity contribution in [2.45, 2.75) is 19.0 Å². The Hall–Kier alpha value is 0.497. The van der Waals surface area contributed by atoms with E-state index in [1.165, 1.54) is 0 Å². The Bertz CT molecular complexity index is 111. The van der Waals surface area contributed by atoms with E-state index >= 15 is 0 Å². The summed E-state index contributed by atoms with van der Waals surface area (Å²) in [5, 5.41) is 0. The topological polar surface area (TPSA) is 9.23 Å². The summed E-state index contributed by atoms with van der Waals surface area (Å²) in [6.07, 6.45) is 2.68. The van der Waals surface area contributed by atoms with Gasteiger partial charge in [-0.2, -0.15) is 0 Å². The van der Waals surface area contributed by atoms with Crippen molar-refractivity contribution in [2.24, 2.45) is 0 Å². The fourth-order valence-corrected chi connectivity index (χ4v) is 2.22. The Morgan fingerprint density at radius 1 is 1.55 bits per heavy atom. The van der Waals surface area contributed by atoms with E-state index in [4.69, 9.17) is 26.9 Å². The standard InChI is InChI=1S/C7H14Cl2OSi/c1-3-5-10-6-4-7-11(2,8)9/h3H,1,4-7H2,2H3. The minimum atomic E-state index is -1.88. The lowest BCUT2D eigenvalue weighted by Crippen LogP contribution is -2.13. The average molecular weight is 213 g/mol. The van der Waals surface area contributed by atoms with Crippen LogP contribution in [0.5, 0.6) is 0 Å². The van der Waals surface area contributed by atoms with Crippen LogP contribution in [-0.4, -0.2) is 19.9 Å². The molecule has 0 unspecified atom stereocenters. The van der Waals surface area contributed by atoms with Gasteiger partial charge in [0.25, 0.3) is 0 Å². The summed E-state index contributed by atoms with van der Waals surface area (Å²) >= 11 is 11.7. The third-order valence-corrected chi connectivity index (χ3v) is 3.51. The lowest BCUT2D eigenvalue weighted by Gasteiger charge is -2.08. The third kappa shape index (κ3) is 10.5. The van der Waals surface area contributed by atoms with Gasteiger partial charge < -0.3 is 4.74 Å². The molecule has 0 aliphatic heterocycles. The first-order valence-corrected chi connectivity index (χ1v) is 8.36. The molecule has 0 rings (SSSR count). The second-order valence-corrected chi connectivity index (χ2v) is 10.8. The molecule has 0 saturated heterocycles. The maximum absolute atomic E-state index is 5.87. The molecule has 66 valence electrons. The molecule has 0 atom stereocenters. The molecule has 0 heterocycles. The summed E-state index contributed by atoms with van der Waals surface area (Å²) in [6, 6.07) is 0.896. The fraction of sp³-hybridized carbons (Fsp3) is 0.714. The number of ether oxygens (including phenoxy) is 1. The van der Waals surface area contributed by atoms with Crippen LogP contribution in [0.4, 0.5) is 0 Å². The maximum atomic E-state index is 5.87. The predicted octanol–water partition coefficient (Wildman–Crippen LogP) is 3.13. The first-order chi connectivity index (χ1) is 5.06. The molecule has 1 nitrogen and oxygen atoms in total. The highest BCUT2D eigenvalue weighted by Crippen LogP contribution is 2.21. The van der Waals surface area contributed by atoms with Crippen LogP contribution in [0.2, 0.25) is 12.6 Å². The maximum Gasteiger partial charge on any atom is 0.248 e. The van der Waals surface area contributed by atoms with E-state index in [-0.39, 0.29) is 0 Å². The fourth-order valence-electron chi connectivity index (χ4n) is 0.651. The minimum Gasteiger partial charge on any atom is -0.377 e. The molecule has 0 saturated carbocycles. The first-order valence-electron chi connectivity index (χ1n) is 3.63. The van der Waals surface area contributed by atoms with E-state index in [0.29, 0.717) is 6.61 Å². The molecule has 0 aromatic carbocycles. The van der Waals surface area contributed by atoms with Gasteiger partial charge in [0, 0.05) is 6.61 Å². The van der Waals surface area contributed by atoms with E-state index in [0.717, 1.165) is 19.1 Å². The van der Waals surface area contributed by atoms with Crippen LogP contribution < -0.4 is 0 Å².